The topological polar surface area (TPSA) is 35.2 Å². The van der Waals surface area contributed by atoms with Crippen LogP contribution in [0, 0.1) is 5.92 Å². The van der Waals surface area contributed by atoms with Crippen molar-refractivity contribution in [3.8, 4) is 0 Å². The van der Waals surface area contributed by atoms with Crippen LogP contribution in [-0.4, -0.2) is 19.3 Å². The first-order valence-electron chi connectivity index (χ1n) is 7.66. The van der Waals surface area contributed by atoms with Crippen LogP contribution in [-0.2, 0) is 4.74 Å². The molecule has 17 heavy (non-hydrogen) atoms. The number of rotatable bonds is 10. The molecule has 2 N–H and O–H groups in total. The Labute approximate surface area is 107 Å². The fourth-order valence-corrected chi connectivity index (χ4v) is 2.68. The minimum Gasteiger partial charge on any atom is -0.381 e. The highest BCUT2D eigenvalue weighted by atomic mass is 16.5. The molecule has 1 aliphatic rings. The van der Waals surface area contributed by atoms with Crippen molar-refractivity contribution in [2.24, 2.45) is 11.7 Å². The minimum absolute atomic E-state index is 0.414. The van der Waals surface area contributed by atoms with Crippen LogP contribution in [0.4, 0.5) is 0 Å². The Kier molecular flexibility index (Phi) is 8.72. The summed E-state index contributed by atoms with van der Waals surface area (Å²) >= 11 is 0. The third-order valence-electron chi connectivity index (χ3n) is 3.84. The third kappa shape index (κ3) is 7.77. The van der Waals surface area contributed by atoms with Crippen LogP contribution in [0.2, 0.25) is 0 Å². The summed E-state index contributed by atoms with van der Waals surface area (Å²) < 4.78 is 5.38. The molecular weight excluding hydrogens is 210 g/mol. The molecule has 1 heterocycles. The number of nitrogens with two attached hydrogens (primary N) is 1. The maximum Gasteiger partial charge on any atom is 0.0495 e. The maximum absolute atomic E-state index is 6.16. The number of ether oxygens (including phenoxy) is 1. The predicted molar refractivity (Wildman–Crippen MR) is 74.1 cm³/mol. The lowest BCUT2D eigenvalue weighted by Gasteiger charge is -2.15. The van der Waals surface area contributed by atoms with Gasteiger partial charge in [0.2, 0.25) is 0 Å². The summed E-state index contributed by atoms with van der Waals surface area (Å²) in [6.45, 7) is 4.17. The van der Waals surface area contributed by atoms with Crippen molar-refractivity contribution in [1.29, 1.82) is 0 Å². The molecule has 1 aliphatic heterocycles. The van der Waals surface area contributed by atoms with Crippen molar-refractivity contribution in [3.05, 3.63) is 0 Å². The quantitative estimate of drug-likeness (QED) is 0.589. The Morgan fingerprint density at radius 3 is 2.47 bits per heavy atom. The van der Waals surface area contributed by atoms with Gasteiger partial charge in [-0.05, 0) is 25.2 Å². The average molecular weight is 241 g/mol. The van der Waals surface area contributed by atoms with E-state index < -0.39 is 0 Å². The fraction of sp³-hybridized carbons (Fsp3) is 1.00. The van der Waals surface area contributed by atoms with Crippen LogP contribution in [0.15, 0.2) is 0 Å². The van der Waals surface area contributed by atoms with Crippen LogP contribution >= 0.6 is 0 Å². The van der Waals surface area contributed by atoms with Gasteiger partial charge in [0.25, 0.3) is 0 Å². The van der Waals surface area contributed by atoms with Gasteiger partial charge in [0, 0.05) is 19.3 Å². The van der Waals surface area contributed by atoms with E-state index in [4.69, 9.17) is 10.5 Å². The van der Waals surface area contributed by atoms with E-state index in [0.717, 1.165) is 19.1 Å². The zero-order chi connectivity index (χ0) is 12.3. The number of unbranched alkanes of at least 4 members (excludes halogenated alkanes) is 6. The molecule has 0 spiro atoms. The molecule has 2 nitrogen and oxygen atoms in total. The van der Waals surface area contributed by atoms with E-state index in [0.29, 0.717) is 6.04 Å². The monoisotopic (exact) mass is 241 g/mol. The van der Waals surface area contributed by atoms with E-state index in [1.54, 1.807) is 0 Å². The summed E-state index contributed by atoms with van der Waals surface area (Å²) in [6.07, 6.45) is 13.3. The Morgan fingerprint density at radius 1 is 1.12 bits per heavy atom. The van der Waals surface area contributed by atoms with E-state index >= 15 is 0 Å². The van der Waals surface area contributed by atoms with Gasteiger partial charge >= 0.3 is 0 Å². The molecule has 0 aliphatic carbocycles. The average Bonchev–Trinajstić information content (AvgIpc) is 2.80. The van der Waals surface area contributed by atoms with Gasteiger partial charge in [-0.2, -0.15) is 0 Å². The second-order valence-electron chi connectivity index (χ2n) is 5.64. The second-order valence-corrected chi connectivity index (χ2v) is 5.64. The summed E-state index contributed by atoms with van der Waals surface area (Å²) in [5.41, 5.74) is 6.16. The summed E-state index contributed by atoms with van der Waals surface area (Å²) in [6, 6.07) is 0.414. The van der Waals surface area contributed by atoms with Crippen molar-refractivity contribution >= 4 is 0 Å². The lowest BCUT2D eigenvalue weighted by molar-refractivity contribution is 0.182. The Hall–Kier alpha value is -0.0800. The maximum atomic E-state index is 6.16. The van der Waals surface area contributed by atoms with Crippen molar-refractivity contribution < 1.29 is 4.74 Å². The van der Waals surface area contributed by atoms with Crippen LogP contribution in [0.3, 0.4) is 0 Å². The lowest BCUT2D eigenvalue weighted by atomic mass is 9.96. The molecular formula is C15H31NO. The first kappa shape index (κ1) is 15.0. The standard InChI is InChI=1S/C15H31NO/c1-2-3-4-5-6-7-8-9-15(16)12-14-10-11-17-13-14/h14-15H,2-13,16H2,1H3. The highest BCUT2D eigenvalue weighted by molar-refractivity contribution is 4.71. The summed E-state index contributed by atoms with van der Waals surface area (Å²) in [5.74, 6) is 0.745. The second kappa shape index (κ2) is 9.90. The van der Waals surface area contributed by atoms with E-state index in [2.05, 4.69) is 6.92 Å². The molecule has 102 valence electrons. The van der Waals surface area contributed by atoms with Crippen molar-refractivity contribution in [3.63, 3.8) is 0 Å². The van der Waals surface area contributed by atoms with Crippen LogP contribution in [0.5, 0.6) is 0 Å². The predicted octanol–water partition coefficient (Wildman–Crippen LogP) is 3.88. The van der Waals surface area contributed by atoms with Gasteiger partial charge in [-0.15, -0.1) is 0 Å². The normalized spacial score (nSPS) is 21.9. The molecule has 0 bridgehead atoms. The smallest absolute Gasteiger partial charge is 0.0495 e. The van der Waals surface area contributed by atoms with E-state index in [-0.39, 0.29) is 0 Å². The van der Waals surface area contributed by atoms with Gasteiger partial charge in [-0.1, -0.05) is 51.9 Å². The Morgan fingerprint density at radius 2 is 1.82 bits per heavy atom. The molecule has 0 aromatic rings. The van der Waals surface area contributed by atoms with Crippen LogP contribution in [0.25, 0.3) is 0 Å². The van der Waals surface area contributed by atoms with Crippen LogP contribution in [0.1, 0.15) is 71.1 Å². The Balaban J connectivity index is 1.84. The first-order valence-corrected chi connectivity index (χ1v) is 7.66. The Bertz CT molecular complexity index is 166. The molecule has 0 aromatic heterocycles. The number of hydrogen-bond acceptors (Lipinski definition) is 2. The van der Waals surface area contributed by atoms with Crippen molar-refractivity contribution in [1.82, 2.24) is 0 Å². The van der Waals surface area contributed by atoms with Gasteiger partial charge in [0.05, 0.1) is 0 Å². The highest BCUT2D eigenvalue weighted by Crippen LogP contribution is 2.19. The van der Waals surface area contributed by atoms with Crippen molar-refractivity contribution in [2.75, 3.05) is 13.2 Å². The third-order valence-corrected chi connectivity index (χ3v) is 3.84. The lowest BCUT2D eigenvalue weighted by Crippen LogP contribution is -2.23. The number of hydrogen-bond donors (Lipinski definition) is 1. The largest absolute Gasteiger partial charge is 0.381 e. The first-order chi connectivity index (χ1) is 8.33. The van der Waals surface area contributed by atoms with Gasteiger partial charge in [0.15, 0.2) is 0 Å². The van der Waals surface area contributed by atoms with Gasteiger partial charge in [0.1, 0.15) is 0 Å². The van der Waals surface area contributed by atoms with E-state index in [9.17, 15) is 0 Å². The SMILES string of the molecule is CCCCCCCCCC(N)CC1CCOC1. The fourth-order valence-electron chi connectivity index (χ4n) is 2.68. The van der Waals surface area contributed by atoms with Crippen molar-refractivity contribution in [2.45, 2.75) is 77.2 Å². The summed E-state index contributed by atoms with van der Waals surface area (Å²) in [7, 11) is 0. The zero-order valence-corrected chi connectivity index (χ0v) is 11.6. The molecule has 0 saturated carbocycles. The molecule has 1 rings (SSSR count). The summed E-state index contributed by atoms with van der Waals surface area (Å²) in [5, 5.41) is 0. The molecule has 1 saturated heterocycles. The van der Waals surface area contributed by atoms with E-state index in [1.165, 1.54) is 64.2 Å². The molecule has 0 aromatic carbocycles. The zero-order valence-electron chi connectivity index (χ0n) is 11.6. The molecule has 2 heteroatoms. The van der Waals surface area contributed by atoms with E-state index in [1.807, 2.05) is 0 Å². The molecule has 2 unspecified atom stereocenters. The highest BCUT2D eigenvalue weighted by Gasteiger charge is 2.18. The minimum atomic E-state index is 0.414. The molecule has 1 fully saturated rings. The molecule has 0 radical (unpaired) electrons. The van der Waals surface area contributed by atoms with Crippen LogP contribution < -0.4 is 5.73 Å². The van der Waals surface area contributed by atoms with Gasteiger partial charge in [-0.25, -0.2) is 0 Å². The molecule has 2 atom stereocenters. The summed E-state index contributed by atoms with van der Waals surface area (Å²) in [4.78, 5) is 0. The molecule has 0 amide bonds. The van der Waals surface area contributed by atoms with Gasteiger partial charge in [-0.3, -0.25) is 0 Å². The van der Waals surface area contributed by atoms with Gasteiger partial charge < -0.3 is 10.5 Å².